The van der Waals surface area contributed by atoms with Gasteiger partial charge in [-0.3, -0.25) is 24.7 Å². The zero-order chi connectivity index (χ0) is 80.2. The Balaban J connectivity index is 0.000000452. The fraction of sp³-hybridized carbons (Fsp3) is 0.724. The number of anilines is 1. The van der Waals surface area contributed by atoms with Crippen molar-refractivity contribution in [2.45, 2.75) is 243 Å². The molecule has 0 spiro atoms. The van der Waals surface area contributed by atoms with E-state index >= 15 is 0 Å². The van der Waals surface area contributed by atoms with Crippen molar-refractivity contribution in [2.24, 2.45) is 43.3 Å². The Hall–Kier alpha value is -8.93. The Morgan fingerprint density at radius 2 is 0.785 bits per heavy atom. The Kier molecular flexibility index (Phi) is 34.5. The number of rotatable bonds is 33. The lowest BCUT2D eigenvalue weighted by Crippen LogP contribution is -2.51. The number of carbonyl (C=O) groups excluding carboxylic acids is 11. The summed E-state index contributed by atoms with van der Waals surface area (Å²) in [5.41, 5.74) is -1.56. The Morgan fingerprint density at radius 3 is 1.15 bits per heavy atom. The molecule has 7 amide bonds. The van der Waals surface area contributed by atoms with Gasteiger partial charge in [-0.05, 0) is 154 Å². The van der Waals surface area contributed by atoms with Crippen molar-refractivity contribution in [2.75, 3.05) is 71.3 Å². The van der Waals surface area contributed by atoms with Gasteiger partial charge in [-0.15, -0.1) is 0 Å². The highest BCUT2D eigenvalue weighted by Crippen LogP contribution is 2.51. The molecule has 10 unspecified atom stereocenters. The van der Waals surface area contributed by atoms with Gasteiger partial charge in [0.2, 0.25) is 5.95 Å². The molecule has 31 heteroatoms. The van der Waals surface area contributed by atoms with Crippen molar-refractivity contribution in [3.05, 3.63) is 60.1 Å². The van der Waals surface area contributed by atoms with Gasteiger partial charge in [0.05, 0.1) is 0 Å². The maximum atomic E-state index is 12.9. The lowest BCUT2D eigenvalue weighted by molar-refractivity contribution is -0.150. The molecule has 10 atom stereocenters. The largest absolute Gasteiger partial charge is 0.462 e. The SMILES string of the molecule is C=CC(=O)OCCOC(=O)CCC1(C)CC(NC(=O)OC(C)COC(=O)NCC2(C)CC(NC(=O)Nc3nc(C)cc(=O)[nH]3)CC(C)(C)C2)CC(C)(C)C1.C=CC(=O)OCCOC(=O)CCC1(C)CC(NC(=O)OC(C)COC(=O)NCC2(C)CC(NC(=O)OCCOC(=O)C=C)CC(C)(C)C2)CC(C)(C)C1. The number of nitrogens with one attached hydrogen (secondary N) is 8. The predicted molar refractivity (Wildman–Crippen MR) is 395 cm³/mol. The van der Waals surface area contributed by atoms with E-state index in [-0.39, 0.29) is 157 Å². The number of aromatic amines is 1. The fourth-order valence-electron chi connectivity index (χ4n) is 16.7. The monoisotopic (exact) mass is 1510 g/mol. The molecule has 31 nitrogen and oxygen atoms in total. The highest BCUT2D eigenvalue weighted by molar-refractivity contribution is 5.87. The van der Waals surface area contributed by atoms with E-state index in [0.717, 1.165) is 63.2 Å². The van der Waals surface area contributed by atoms with Crippen LogP contribution in [0.1, 0.15) is 205 Å². The van der Waals surface area contributed by atoms with E-state index in [0.29, 0.717) is 63.7 Å². The molecule has 8 N–H and O–H groups in total. The van der Waals surface area contributed by atoms with Crippen LogP contribution in [-0.2, 0) is 71.3 Å². The molecular formula is C76H121N9O22. The van der Waals surface area contributed by atoms with E-state index in [1.165, 1.54) is 6.07 Å². The minimum Gasteiger partial charge on any atom is -0.462 e. The molecule has 4 aliphatic rings. The van der Waals surface area contributed by atoms with Crippen LogP contribution >= 0.6 is 0 Å². The van der Waals surface area contributed by atoms with Crippen LogP contribution in [0, 0.1) is 50.2 Å². The van der Waals surface area contributed by atoms with Crippen LogP contribution < -0.4 is 42.8 Å². The van der Waals surface area contributed by atoms with Gasteiger partial charge >= 0.3 is 66.3 Å². The van der Waals surface area contributed by atoms with E-state index in [1.54, 1.807) is 20.8 Å². The first-order chi connectivity index (χ1) is 49.7. The first-order valence-corrected chi connectivity index (χ1v) is 36.8. The van der Waals surface area contributed by atoms with Crippen LogP contribution in [0.4, 0.5) is 34.7 Å². The number of H-pyrrole nitrogens is 1. The Morgan fingerprint density at radius 1 is 0.458 bits per heavy atom. The van der Waals surface area contributed by atoms with Gasteiger partial charge in [0.1, 0.15) is 65.1 Å². The summed E-state index contributed by atoms with van der Waals surface area (Å²) in [4.78, 5) is 153. The van der Waals surface area contributed by atoms with E-state index in [2.05, 4.69) is 136 Å². The maximum Gasteiger partial charge on any atom is 0.407 e. The Labute approximate surface area is 629 Å². The number of ether oxygens (including phenoxy) is 10. The van der Waals surface area contributed by atoms with Crippen molar-refractivity contribution in [3.63, 3.8) is 0 Å². The van der Waals surface area contributed by atoms with Gasteiger partial charge in [0.15, 0.2) is 0 Å². The summed E-state index contributed by atoms with van der Waals surface area (Å²) in [5.74, 6) is -2.46. The van der Waals surface area contributed by atoms with E-state index in [1.807, 2.05) is 13.8 Å². The van der Waals surface area contributed by atoms with Crippen LogP contribution in [0.25, 0.3) is 0 Å². The standard InChI is InChI=1S/C38H60N6O10.C38H61N3O12/c1-10-29(46)51-13-14-52-30(47)11-12-37(8)18-27(17-35(4,5)21-37)42-34(50)54-25(3)20-53-33(49)39-23-38(9)19-26(16-36(6,7)22-38)41-32(48)44-31-40-24(2)15-28(45)43-31;1-10-29(42)48-14-15-50-31(44)12-13-37(8)20-27(18-35(4,5)23-37)41-34(47)53-26(3)22-52-32(45)39-25-38(9)21-28(19-36(6,7)24-38)40-33(46)51-17-16-49-30(43)11-2/h10,15,25-27H,1,11-14,16-23H2,2-9H3,(H,39,49)(H,42,50)(H3,40,41,43,44,45,48);10-11,26-28H,1-2,12-25H2,3-9H3,(H,39,45)(H,40,46)(H,41,47). The van der Waals surface area contributed by atoms with Crippen LogP contribution in [0.15, 0.2) is 48.8 Å². The topological polar surface area (TPSA) is 410 Å². The van der Waals surface area contributed by atoms with Crippen molar-refractivity contribution in [3.8, 4) is 0 Å². The summed E-state index contributed by atoms with van der Waals surface area (Å²) >= 11 is 0. The van der Waals surface area contributed by atoms with Crippen molar-refractivity contribution in [1.82, 2.24) is 41.9 Å². The third-order valence-corrected chi connectivity index (χ3v) is 19.1. The smallest absolute Gasteiger partial charge is 0.407 e. The van der Waals surface area contributed by atoms with E-state index < -0.39 is 66.6 Å². The van der Waals surface area contributed by atoms with Crippen LogP contribution in [0.2, 0.25) is 0 Å². The highest BCUT2D eigenvalue weighted by Gasteiger charge is 2.46. The second-order valence-electron chi connectivity index (χ2n) is 33.8. The van der Waals surface area contributed by atoms with Crippen LogP contribution in [0.5, 0.6) is 0 Å². The summed E-state index contributed by atoms with van der Waals surface area (Å²) < 4.78 is 51.8. The van der Waals surface area contributed by atoms with Gasteiger partial charge in [-0.2, -0.15) is 0 Å². The van der Waals surface area contributed by atoms with Crippen LogP contribution in [0.3, 0.4) is 0 Å². The molecular weight excluding hydrogens is 1390 g/mol. The lowest BCUT2D eigenvalue weighted by Gasteiger charge is -2.47. The fourth-order valence-corrected chi connectivity index (χ4v) is 16.7. The number of carbonyl (C=O) groups is 11. The number of alkyl carbamates (subject to hydrolysis) is 5. The number of hydrogen-bond acceptors (Lipinski definition) is 23. The molecule has 107 heavy (non-hydrogen) atoms. The maximum absolute atomic E-state index is 12.9. The minimum absolute atomic E-state index is 0.0302. The van der Waals surface area contributed by atoms with Crippen LogP contribution in [-0.4, -0.2) is 179 Å². The molecule has 4 saturated carbocycles. The van der Waals surface area contributed by atoms with Crippen molar-refractivity contribution in [1.29, 1.82) is 0 Å². The van der Waals surface area contributed by atoms with Crippen molar-refractivity contribution < 1.29 is 100 Å². The molecule has 4 fully saturated rings. The molecule has 1 aromatic heterocycles. The van der Waals surface area contributed by atoms with E-state index in [9.17, 15) is 57.5 Å². The van der Waals surface area contributed by atoms with Crippen molar-refractivity contribution >= 4 is 72.3 Å². The quantitative estimate of drug-likeness (QED) is 0.0140. The number of amides is 7. The number of esters is 5. The lowest BCUT2D eigenvalue weighted by atomic mass is 9.61. The molecule has 0 aromatic carbocycles. The zero-order valence-corrected chi connectivity index (χ0v) is 65.7. The molecule has 602 valence electrons. The number of nitrogens with zero attached hydrogens (tertiary/aromatic N) is 1. The van der Waals surface area contributed by atoms with Gasteiger partial charge in [-0.1, -0.05) is 103 Å². The molecule has 1 heterocycles. The number of aryl methyl sites for hydroxylation is 1. The molecule has 0 saturated heterocycles. The zero-order valence-electron chi connectivity index (χ0n) is 65.7. The average molecular weight is 1510 g/mol. The number of urea groups is 1. The molecule has 1 aromatic rings. The summed E-state index contributed by atoms with van der Waals surface area (Å²) in [6.45, 7) is 40.1. The third kappa shape index (κ3) is 36.0. The van der Waals surface area contributed by atoms with Gasteiger partial charge in [0, 0.05) is 80.1 Å². The number of aromatic nitrogens is 2. The second kappa shape index (κ2) is 40.9. The molecule has 5 rings (SSSR count). The van der Waals surface area contributed by atoms with Gasteiger partial charge in [-0.25, -0.2) is 48.1 Å². The van der Waals surface area contributed by atoms with E-state index in [4.69, 9.17) is 47.4 Å². The minimum atomic E-state index is -0.714. The third-order valence-electron chi connectivity index (χ3n) is 19.1. The average Bonchev–Trinajstić information content (AvgIpc) is 0.817. The van der Waals surface area contributed by atoms with Gasteiger partial charge < -0.3 is 79.3 Å². The molecule has 4 aliphatic carbocycles. The van der Waals surface area contributed by atoms with Gasteiger partial charge in [0.25, 0.3) is 5.56 Å². The summed E-state index contributed by atoms with van der Waals surface area (Å²) in [6, 6.07) is 0.0694. The molecule has 0 aliphatic heterocycles. The normalized spacial score (nSPS) is 24.9. The second-order valence-corrected chi connectivity index (χ2v) is 33.8. The summed E-state index contributed by atoms with van der Waals surface area (Å²) in [6.07, 6.45) is 8.71. The first kappa shape index (κ1) is 90.5. The predicted octanol–water partition coefficient (Wildman–Crippen LogP) is 10.8. The highest BCUT2D eigenvalue weighted by atomic mass is 16.6. The summed E-state index contributed by atoms with van der Waals surface area (Å²) in [7, 11) is 0. The molecule has 0 radical (unpaired) electrons. The first-order valence-electron chi connectivity index (χ1n) is 36.8. The number of hydrogen-bond donors (Lipinski definition) is 8. The summed E-state index contributed by atoms with van der Waals surface area (Å²) in [5, 5.41) is 20.0. The molecule has 0 bridgehead atoms. The Bertz CT molecular complexity index is 3320.